The van der Waals surface area contributed by atoms with Gasteiger partial charge in [0.05, 0.1) is 0 Å². The second-order valence-electron chi connectivity index (χ2n) is 11.5. The van der Waals surface area contributed by atoms with Crippen LogP contribution in [0.1, 0.15) is 46.6 Å². The first-order chi connectivity index (χ1) is 18.7. The first kappa shape index (κ1) is 31.7. The van der Waals surface area contributed by atoms with E-state index in [4.69, 9.17) is 5.73 Å². The fourth-order valence-electron chi connectivity index (χ4n) is 4.85. The Bertz CT molecular complexity index is 1250. The molecule has 0 spiro atoms. The van der Waals surface area contributed by atoms with Crippen LogP contribution >= 0.6 is 0 Å². The molecule has 3 atom stereocenters. The highest BCUT2D eigenvalue weighted by Crippen LogP contribution is 2.28. The molecule has 1 aliphatic rings. The van der Waals surface area contributed by atoms with Gasteiger partial charge in [0, 0.05) is 43.3 Å². The first-order valence-electron chi connectivity index (χ1n) is 13.7. The van der Waals surface area contributed by atoms with E-state index in [1.807, 2.05) is 44.2 Å². The van der Waals surface area contributed by atoms with Crippen molar-refractivity contribution < 1.29 is 22.4 Å². The van der Waals surface area contributed by atoms with Gasteiger partial charge in [-0.15, -0.1) is 0 Å². The summed E-state index contributed by atoms with van der Waals surface area (Å²) in [5.41, 5.74) is 6.67. The highest BCUT2D eigenvalue weighted by molar-refractivity contribution is 7.87. The van der Waals surface area contributed by atoms with Crippen LogP contribution in [0.3, 0.4) is 0 Å². The molecule has 0 aliphatic carbocycles. The monoisotopic (exact) mass is 575 g/mol. The summed E-state index contributed by atoms with van der Waals surface area (Å²) < 4.78 is 42.4. The lowest BCUT2D eigenvalue weighted by Gasteiger charge is -2.36. The molecule has 3 rings (SSSR count). The van der Waals surface area contributed by atoms with Gasteiger partial charge in [-0.1, -0.05) is 51.1 Å². The Kier molecular flexibility index (Phi) is 10.5. The minimum atomic E-state index is -3.81. The topological polar surface area (TPSA) is 125 Å². The maximum Gasteiger partial charge on any atom is 0.283 e. The zero-order valence-corrected chi connectivity index (χ0v) is 24.7. The molecule has 1 fully saturated rings. The van der Waals surface area contributed by atoms with Crippen molar-refractivity contribution in [2.24, 2.45) is 17.6 Å². The van der Waals surface area contributed by atoms with Crippen LogP contribution in [0.4, 0.5) is 10.1 Å². The van der Waals surface area contributed by atoms with Gasteiger partial charge in [0.2, 0.25) is 11.8 Å². The first-order valence-corrected chi connectivity index (χ1v) is 15.1. The summed E-state index contributed by atoms with van der Waals surface area (Å²) in [5.74, 6) is -1.48. The van der Waals surface area contributed by atoms with E-state index in [9.17, 15) is 22.4 Å². The Morgan fingerprint density at radius 1 is 1.02 bits per heavy atom. The van der Waals surface area contributed by atoms with Crippen LogP contribution in [0, 0.1) is 17.7 Å². The molecule has 220 valence electrons. The highest BCUT2D eigenvalue weighted by atomic mass is 32.2. The number of hydrogen-bond acceptors (Lipinski definition) is 5. The van der Waals surface area contributed by atoms with E-state index in [0.29, 0.717) is 25.2 Å². The van der Waals surface area contributed by atoms with Crippen LogP contribution < -0.4 is 16.4 Å². The number of amides is 2. The molecular formula is C29H42FN5O4S. The van der Waals surface area contributed by atoms with Crippen LogP contribution in [0.15, 0.2) is 54.6 Å². The summed E-state index contributed by atoms with van der Waals surface area (Å²) in [6, 6.07) is 13.9. The Balaban J connectivity index is 1.75. The average molecular weight is 576 g/mol. The lowest BCUT2D eigenvalue weighted by molar-refractivity contribution is -0.129. The molecule has 9 nitrogen and oxygen atoms in total. The maximum absolute atomic E-state index is 13.7. The van der Waals surface area contributed by atoms with Crippen LogP contribution in [0.2, 0.25) is 0 Å². The van der Waals surface area contributed by atoms with E-state index in [1.54, 1.807) is 20.8 Å². The molecule has 1 saturated heterocycles. The van der Waals surface area contributed by atoms with Gasteiger partial charge in [0.15, 0.2) is 0 Å². The molecule has 40 heavy (non-hydrogen) atoms. The van der Waals surface area contributed by atoms with Crippen LogP contribution in [-0.2, 0) is 26.2 Å². The van der Waals surface area contributed by atoms with Crippen LogP contribution in [-0.4, -0.2) is 66.1 Å². The zero-order valence-electron chi connectivity index (χ0n) is 23.9. The Morgan fingerprint density at radius 3 is 2.25 bits per heavy atom. The number of halogens is 1. The summed E-state index contributed by atoms with van der Waals surface area (Å²) >= 11 is 0. The van der Waals surface area contributed by atoms with Gasteiger partial charge in [-0.2, -0.15) is 17.0 Å². The van der Waals surface area contributed by atoms with Crippen molar-refractivity contribution in [2.75, 3.05) is 25.0 Å². The number of nitrogens with one attached hydrogen (secondary N) is 2. The molecule has 0 radical (unpaired) electrons. The summed E-state index contributed by atoms with van der Waals surface area (Å²) in [5, 5.41) is 5.78. The van der Waals surface area contributed by atoms with Gasteiger partial charge in [-0.05, 0) is 62.4 Å². The summed E-state index contributed by atoms with van der Waals surface area (Å²) in [4.78, 5) is 26.5. The number of carbonyl (C=O) groups excluding carboxylic acids is 2. The largest absolute Gasteiger partial charge is 0.350 e. The summed E-state index contributed by atoms with van der Waals surface area (Å²) in [7, 11) is -3.81. The fraction of sp³-hybridized carbons (Fsp3) is 0.517. The maximum atomic E-state index is 13.7. The standard InChI is InChI=1S/C29H42FN5O4S/c1-20(2)19-34-15-16-35(40(34,38)39)29(4,5)28(37)33-26(18-22-9-7-6-8-10-22)25(31)17-21(3)27(36)32-24-13-11-23(30)12-14-24/h6-14,20-21,25-26H,15-19,31H2,1-5H3,(H,32,36)(H,33,37)/t21-,25+,26+/m1/s1. The lowest BCUT2D eigenvalue weighted by atomic mass is 9.91. The second-order valence-corrected chi connectivity index (χ2v) is 13.3. The fourth-order valence-corrected chi connectivity index (χ4v) is 6.90. The molecule has 11 heteroatoms. The van der Waals surface area contributed by atoms with Gasteiger partial charge in [-0.3, -0.25) is 9.59 Å². The molecular weight excluding hydrogens is 533 g/mol. The van der Waals surface area contributed by atoms with Crippen molar-refractivity contribution in [3.05, 3.63) is 66.0 Å². The van der Waals surface area contributed by atoms with Crippen LogP contribution in [0.5, 0.6) is 0 Å². The lowest BCUT2D eigenvalue weighted by Crippen LogP contribution is -2.60. The van der Waals surface area contributed by atoms with E-state index in [-0.39, 0.29) is 24.8 Å². The molecule has 1 aliphatic heterocycles. The van der Waals surface area contributed by atoms with Gasteiger partial charge >= 0.3 is 0 Å². The Labute approximate surface area is 237 Å². The van der Waals surface area contributed by atoms with Crippen molar-refractivity contribution in [2.45, 2.75) is 65.1 Å². The third-order valence-corrected chi connectivity index (χ3v) is 9.40. The van der Waals surface area contributed by atoms with E-state index in [2.05, 4.69) is 10.6 Å². The molecule has 0 bridgehead atoms. The van der Waals surface area contributed by atoms with E-state index in [1.165, 1.54) is 32.9 Å². The Hall–Kier alpha value is -2.86. The highest BCUT2D eigenvalue weighted by Gasteiger charge is 2.49. The molecule has 0 saturated carbocycles. The predicted molar refractivity (Wildman–Crippen MR) is 155 cm³/mol. The summed E-state index contributed by atoms with van der Waals surface area (Å²) in [6.45, 7) is 9.76. The minimum absolute atomic E-state index is 0.155. The number of rotatable bonds is 12. The van der Waals surface area contributed by atoms with E-state index < -0.39 is 45.5 Å². The van der Waals surface area contributed by atoms with Crippen molar-refractivity contribution in [3.63, 3.8) is 0 Å². The average Bonchev–Trinajstić information content (AvgIpc) is 3.18. The molecule has 2 aromatic rings. The van der Waals surface area contributed by atoms with Gasteiger partial charge in [0.1, 0.15) is 11.4 Å². The number of benzene rings is 2. The van der Waals surface area contributed by atoms with Crippen molar-refractivity contribution in [3.8, 4) is 0 Å². The number of nitrogens with two attached hydrogens (primary N) is 1. The van der Waals surface area contributed by atoms with Gasteiger partial charge < -0.3 is 16.4 Å². The van der Waals surface area contributed by atoms with Gasteiger partial charge in [-0.25, -0.2) is 4.39 Å². The summed E-state index contributed by atoms with van der Waals surface area (Å²) in [6.07, 6.45) is 0.664. The normalized spacial score (nSPS) is 18.3. The van der Waals surface area contributed by atoms with Crippen LogP contribution in [0.25, 0.3) is 0 Å². The second kappa shape index (κ2) is 13.2. The molecule has 0 unspecified atom stereocenters. The molecule has 2 aromatic carbocycles. The van der Waals surface area contributed by atoms with Crippen molar-refractivity contribution in [1.29, 1.82) is 0 Å². The third-order valence-electron chi connectivity index (χ3n) is 7.22. The number of nitrogens with zero attached hydrogens (tertiary/aromatic N) is 2. The minimum Gasteiger partial charge on any atom is -0.350 e. The smallest absolute Gasteiger partial charge is 0.283 e. The predicted octanol–water partition coefficient (Wildman–Crippen LogP) is 3.14. The Morgan fingerprint density at radius 2 is 1.65 bits per heavy atom. The molecule has 1 heterocycles. The van der Waals surface area contributed by atoms with Crippen molar-refractivity contribution in [1.82, 2.24) is 13.9 Å². The number of hydrogen-bond donors (Lipinski definition) is 3. The van der Waals surface area contributed by atoms with Gasteiger partial charge in [0.25, 0.3) is 10.2 Å². The SMILES string of the molecule is CC(C)CN1CCN(C(C)(C)C(=O)N[C@@H](Cc2ccccc2)[C@@H](N)C[C@@H](C)C(=O)Nc2ccc(F)cc2)S1(=O)=O. The zero-order chi connectivity index (χ0) is 29.7. The third kappa shape index (κ3) is 7.87. The van der Waals surface area contributed by atoms with E-state index >= 15 is 0 Å². The molecule has 0 aromatic heterocycles. The number of carbonyl (C=O) groups is 2. The quantitative estimate of drug-likeness (QED) is 0.359. The molecule has 2 amide bonds. The van der Waals surface area contributed by atoms with E-state index in [0.717, 1.165) is 5.56 Å². The molecule has 4 N–H and O–H groups in total. The van der Waals surface area contributed by atoms with Crippen molar-refractivity contribution >= 4 is 27.7 Å². The number of anilines is 1.